The minimum absolute atomic E-state index is 0.329. The molecule has 5 heteroatoms. The van der Waals surface area contributed by atoms with Crippen molar-refractivity contribution in [3.8, 4) is 11.5 Å². The zero-order valence-corrected chi connectivity index (χ0v) is 18.8. The molecule has 0 amide bonds. The summed E-state index contributed by atoms with van der Waals surface area (Å²) in [5, 5.41) is 3.50. The Balaban J connectivity index is 1.19. The number of nitrogens with one attached hydrogen (secondary N) is 1. The lowest BCUT2D eigenvalue weighted by atomic mass is 9.98. The first kappa shape index (κ1) is 20.8. The maximum absolute atomic E-state index is 5.52. The van der Waals surface area contributed by atoms with Gasteiger partial charge >= 0.3 is 0 Å². The van der Waals surface area contributed by atoms with E-state index in [1.54, 1.807) is 0 Å². The number of hydrogen-bond donors (Lipinski definition) is 1. The maximum Gasteiger partial charge on any atom is 0.231 e. The highest BCUT2D eigenvalue weighted by atomic mass is 16.7. The number of ether oxygens (including phenoxy) is 2. The Morgan fingerprint density at radius 3 is 2.48 bits per heavy atom. The second-order valence-electron chi connectivity index (χ2n) is 9.34. The van der Waals surface area contributed by atoms with Crippen molar-refractivity contribution >= 4 is 0 Å². The van der Waals surface area contributed by atoms with E-state index in [0.717, 1.165) is 30.5 Å². The molecule has 2 aromatic carbocycles. The molecule has 3 aliphatic rings. The van der Waals surface area contributed by atoms with Gasteiger partial charge in [0.2, 0.25) is 6.79 Å². The molecular formula is C26H35N3O2. The SMILES string of the molecule is C[C@@H]1CN(C2CCNCC2)CCN1[C@@H](C)c1ccc(Cc2ccc3c(c2)OCO3)cc1. The van der Waals surface area contributed by atoms with Crippen LogP contribution >= 0.6 is 0 Å². The van der Waals surface area contributed by atoms with Gasteiger partial charge in [-0.2, -0.15) is 0 Å². The molecule has 2 aromatic rings. The molecule has 3 aliphatic heterocycles. The topological polar surface area (TPSA) is 37.0 Å². The van der Waals surface area contributed by atoms with Gasteiger partial charge in [0.05, 0.1) is 0 Å². The molecule has 166 valence electrons. The molecule has 5 rings (SSSR count). The van der Waals surface area contributed by atoms with Crippen LogP contribution in [0.5, 0.6) is 11.5 Å². The molecular weight excluding hydrogens is 386 g/mol. The Morgan fingerprint density at radius 2 is 1.71 bits per heavy atom. The molecule has 0 saturated carbocycles. The average molecular weight is 422 g/mol. The normalized spacial score (nSPS) is 23.7. The predicted octanol–water partition coefficient (Wildman–Crippen LogP) is 3.83. The van der Waals surface area contributed by atoms with Crippen LogP contribution in [-0.2, 0) is 6.42 Å². The van der Waals surface area contributed by atoms with Gasteiger partial charge in [-0.15, -0.1) is 0 Å². The molecule has 0 aliphatic carbocycles. The van der Waals surface area contributed by atoms with E-state index >= 15 is 0 Å². The number of piperazine rings is 1. The number of fused-ring (bicyclic) bond motifs is 1. The average Bonchev–Trinajstić information content (AvgIpc) is 3.28. The fourth-order valence-corrected chi connectivity index (χ4v) is 5.47. The van der Waals surface area contributed by atoms with Gasteiger partial charge < -0.3 is 14.8 Å². The van der Waals surface area contributed by atoms with Crippen molar-refractivity contribution in [3.05, 3.63) is 59.2 Å². The highest BCUT2D eigenvalue weighted by Crippen LogP contribution is 2.33. The molecule has 2 fully saturated rings. The molecule has 2 atom stereocenters. The standard InChI is InChI=1S/C26H35N3O2/c1-19-17-28(24-9-11-27-12-10-24)13-14-29(19)20(2)23-6-3-21(4-7-23)15-22-5-8-25-26(16-22)31-18-30-25/h3-8,16,19-20,24,27H,9-15,17-18H2,1-2H3/t19-,20+/m1/s1. The van der Waals surface area contributed by atoms with Crippen molar-refractivity contribution in [2.75, 3.05) is 39.5 Å². The smallest absolute Gasteiger partial charge is 0.231 e. The molecule has 0 spiro atoms. The molecule has 0 bridgehead atoms. The van der Waals surface area contributed by atoms with Crippen LogP contribution in [0, 0.1) is 0 Å². The second kappa shape index (κ2) is 9.19. The first-order valence-electron chi connectivity index (χ1n) is 11.9. The lowest BCUT2D eigenvalue weighted by Gasteiger charge is -2.46. The summed E-state index contributed by atoms with van der Waals surface area (Å²) in [6.07, 6.45) is 3.51. The van der Waals surface area contributed by atoms with Gasteiger partial charge in [0, 0.05) is 37.8 Å². The molecule has 2 saturated heterocycles. The van der Waals surface area contributed by atoms with Gasteiger partial charge in [-0.25, -0.2) is 0 Å². The number of benzene rings is 2. The van der Waals surface area contributed by atoms with Crippen LogP contribution in [0.3, 0.4) is 0 Å². The van der Waals surface area contributed by atoms with Gasteiger partial charge in [-0.05, 0) is 75.0 Å². The summed E-state index contributed by atoms with van der Waals surface area (Å²) in [5.41, 5.74) is 4.00. The molecule has 5 nitrogen and oxygen atoms in total. The highest BCUT2D eigenvalue weighted by molar-refractivity contribution is 5.45. The van der Waals surface area contributed by atoms with Crippen LogP contribution < -0.4 is 14.8 Å². The van der Waals surface area contributed by atoms with E-state index in [2.05, 4.69) is 65.4 Å². The van der Waals surface area contributed by atoms with Gasteiger partial charge in [-0.3, -0.25) is 9.80 Å². The Hall–Kier alpha value is -2.08. The number of nitrogens with zero attached hydrogens (tertiary/aromatic N) is 2. The van der Waals surface area contributed by atoms with Crippen LogP contribution in [0.15, 0.2) is 42.5 Å². The molecule has 31 heavy (non-hydrogen) atoms. The lowest BCUT2D eigenvalue weighted by molar-refractivity contribution is 0.0243. The van der Waals surface area contributed by atoms with Crippen molar-refractivity contribution in [1.82, 2.24) is 15.1 Å². The van der Waals surface area contributed by atoms with E-state index in [1.807, 2.05) is 6.07 Å². The van der Waals surface area contributed by atoms with Crippen molar-refractivity contribution in [2.45, 2.75) is 51.2 Å². The van der Waals surface area contributed by atoms with Crippen LogP contribution in [0.4, 0.5) is 0 Å². The molecule has 1 N–H and O–H groups in total. The van der Waals surface area contributed by atoms with Gasteiger partial charge in [0.25, 0.3) is 0 Å². The lowest BCUT2D eigenvalue weighted by Crippen LogP contribution is -2.56. The quantitative estimate of drug-likeness (QED) is 0.794. The van der Waals surface area contributed by atoms with Crippen LogP contribution in [0.1, 0.15) is 49.4 Å². The van der Waals surface area contributed by atoms with Crippen LogP contribution in [-0.4, -0.2) is 61.4 Å². The number of piperidine rings is 1. The van der Waals surface area contributed by atoms with Crippen LogP contribution in [0.25, 0.3) is 0 Å². The number of rotatable bonds is 5. The first-order valence-corrected chi connectivity index (χ1v) is 11.9. The van der Waals surface area contributed by atoms with E-state index in [4.69, 9.17) is 9.47 Å². The van der Waals surface area contributed by atoms with Crippen molar-refractivity contribution in [2.24, 2.45) is 0 Å². The summed E-state index contributed by atoms with van der Waals surface area (Å²) in [6.45, 7) is 11.0. The van der Waals surface area contributed by atoms with Crippen molar-refractivity contribution < 1.29 is 9.47 Å². The van der Waals surface area contributed by atoms with E-state index in [0.29, 0.717) is 18.9 Å². The summed E-state index contributed by atoms with van der Waals surface area (Å²) in [7, 11) is 0. The summed E-state index contributed by atoms with van der Waals surface area (Å²) in [6, 6.07) is 17.3. The fourth-order valence-electron chi connectivity index (χ4n) is 5.47. The number of hydrogen-bond acceptors (Lipinski definition) is 5. The third-order valence-corrected chi connectivity index (χ3v) is 7.34. The predicted molar refractivity (Wildman–Crippen MR) is 124 cm³/mol. The van der Waals surface area contributed by atoms with Crippen LogP contribution in [0.2, 0.25) is 0 Å². The molecule has 0 aromatic heterocycles. The van der Waals surface area contributed by atoms with E-state index in [9.17, 15) is 0 Å². The minimum atomic E-state index is 0.329. The third kappa shape index (κ3) is 4.59. The summed E-state index contributed by atoms with van der Waals surface area (Å²) in [4.78, 5) is 5.42. The van der Waals surface area contributed by atoms with E-state index in [-0.39, 0.29) is 0 Å². The third-order valence-electron chi connectivity index (χ3n) is 7.34. The first-order chi connectivity index (χ1) is 15.2. The highest BCUT2D eigenvalue weighted by Gasteiger charge is 2.31. The Morgan fingerprint density at radius 1 is 0.968 bits per heavy atom. The van der Waals surface area contributed by atoms with Gasteiger partial charge in [0.1, 0.15) is 0 Å². The van der Waals surface area contributed by atoms with Crippen molar-refractivity contribution in [1.29, 1.82) is 0 Å². The maximum atomic E-state index is 5.52. The molecule has 3 heterocycles. The Kier molecular flexibility index (Phi) is 6.17. The molecule has 0 unspecified atom stereocenters. The monoisotopic (exact) mass is 421 g/mol. The van der Waals surface area contributed by atoms with E-state index in [1.165, 1.54) is 55.7 Å². The summed E-state index contributed by atoms with van der Waals surface area (Å²) in [5.74, 6) is 1.71. The Bertz CT molecular complexity index is 879. The summed E-state index contributed by atoms with van der Waals surface area (Å²) < 4.78 is 10.9. The summed E-state index contributed by atoms with van der Waals surface area (Å²) >= 11 is 0. The van der Waals surface area contributed by atoms with Gasteiger partial charge in [0.15, 0.2) is 11.5 Å². The van der Waals surface area contributed by atoms with E-state index < -0.39 is 0 Å². The molecule has 0 radical (unpaired) electrons. The zero-order valence-electron chi connectivity index (χ0n) is 18.8. The fraction of sp³-hybridized carbons (Fsp3) is 0.538. The zero-order chi connectivity index (χ0) is 21.2. The second-order valence-corrected chi connectivity index (χ2v) is 9.34. The van der Waals surface area contributed by atoms with Crippen molar-refractivity contribution in [3.63, 3.8) is 0 Å². The van der Waals surface area contributed by atoms with Gasteiger partial charge in [-0.1, -0.05) is 30.3 Å². The minimum Gasteiger partial charge on any atom is -0.454 e. The Labute approximate surface area is 186 Å². The largest absolute Gasteiger partial charge is 0.454 e.